The van der Waals surface area contributed by atoms with Gasteiger partial charge in [-0.05, 0) is 42.2 Å². The third-order valence-corrected chi connectivity index (χ3v) is 7.70. The molecule has 0 unspecified atom stereocenters. The number of aromatic nitrogens is 2. The van der Waals surface area contributed by atoms with Crippen LogP contribution in [0.25, 0.3) is 20.4 Å². The van der Waals surface area contributed by atoms with Crippen molar-refractivity contribution in [3.63, 3.8) is 0 Å². The van der Waals surface area contributed by atoms with Gasteiger partial charge in [0, 0.05) is 26.2 Å². The summed E-state index contributed by atoms with van der Waals surface area (Å²) in [6, 6.07) is 13.2. The van der Waals surface area contributed by atoms with Gasteiger partial charge in [0.25, 0.3) is 0 Å². The van der Waals surface area contributed by atoms with E-state index < -0.39 is 0 Å². The Morgan fingerprint density at radius 1 is 0.821 bits per heavy atom. The van der Waals surface area contributed by atoms with E-state index in [1.807, 2.05) is 22.7 Å². The molecule has 0 amide bonds. The summed E-state index contributed by atoms with van der Waals surface area (Å²) in [4.78, 5) is 14.7. The van der Waals surface area contributed by atoms with Gasteiger partial charge in [-0.2, -0.15) is 0 Å². The van der Waals surface area contributed by atoms with Crippen LogP contribution in [0.4, 0.5) is 10.3 Å². The molecule has 4 nitrogen and oxygen atoms in total. The number of hydrogen-bond donors (Lipinski definition) is 0. The lowest BCUT2D eigenvalue weighted by Crippen LogP contribution is -2.46. The zero-order chi connectivity index (χ0) is 19.1. The van der Waals surface area contributed by atoms with E-state index in [2.05, 4.69) is 60.0 Å². The van der Waals surface area contributed by atoms with E-state index in [1.54, 1.807) is 0 Å². The van der Waals surface area contributed by atoms with Crippen molar-refractivity contribution in [3.8, 4) is 0 Å². The van der Waals surface area contributed by atoms with Crippen LogP contribution in [0.1, 0.15) is 25.0 Å². The van der Waals surface area contributed by atoms with Gasteiger partial charge in [-0.25, -0.2) is 9.97 Å². The molecule has 0 atom stereocenters. The molecule has 2 aromatic carbocycles. The standard InChI is InChI=1S/C22H24N4S2/c1-3-15-8-9-17-19(14-15)28-21(23-17)25-10-12-26(13-11-25)22-24-20-16(4-2)6-5-7-18(20)27-22/h5-9,14H,3-4,10-13H2,1-2H3. The lowest BCUT2D eigenvalue weighted by atomic mass is 10.1. The Morgan fingerprint density at radius 3 is 2.25 bits per heavy atom. The van der Waals surface area contributed by atoms with Crippen molar-refractivity contribution in [2.24, 2.45) is 0 Å². The highest BCUT2D eigenvalue weighted by Crippen LogP contribution is 2.33. The molecule has 1 saturated heterocycles. The van der Waals surface area contributed by atoms with Gasteiger partial charge in [-0.1, -0.05) is 54.7 Å². The summed E-state index contributed by atoms with van der Waals surface area (Å²) in [5.41, 5.74) is 5.04. The highest BCUT2D eigenvalue weighted by atomic mass is 32.1. The highest BCUT2D eigenvalue weighted by Gasteiger charge is 2.22. The molecule has 1 aliphatic rings. The van der Waals surface area contributed by atoms with E-state index in [1.165, 1.54) is 26.0 Å². The number of hydrogen-bond acceptors (Lipinski definition) is 6. The molecule has 28 heavy (non-hydrogen) atoms. The van der Waals surface area contributed by atoms with Crippen LogP contribution in [-0.4, -0.2) is 36.1 Å². The Morgan fingerprint density at radius 2 is 1.54 bits per heavy atom. The molecule has 4 aromatic rings. The number of rotatable bonds is 4. The van der Waals surface area contributed by atoms with E-state index in [9.17, 15) is 0 Å². The van der Waals surface area contributed by atoms with Gasteiger partial charge in [0.1, 0.15) is 0 Å². The van der Waals surface area contributed by atoms with Crippen molar-refractivity contribution in [2.75, 3.05) is 36.0 Å². The molecule has 0 bridgehead atoms. The quantitative estimate of drug-likeness (QED) is 0.455. The van der Waals surface area contributed by atoms with Crippen LogP contribution in [0, 0.1) is 0 Å². The van der Waals surface area contributed by atoms with Crippen molar-refractivity contribution in [1.29, 1.82) is 0 Å². The van der Waals surface area contributed by atoms with Crippen LogP contribution in [0.15, 0.2) is 36.4 Å². The van der Waals surface area contributed by atoms with Gasteiger partial charge >= 0.3 is 0 Å². The Hall–Kier alpha value is -2.18. The predicted octanol–water partition coefficient (Wildman–Crippen LogP) is 5.36. The molecule has 2 aromatic heterocycles. The van der Waals surface area contributed by atoms with Crippen LogP contribution < -0.4 is 9.80 Å². The molecule has 0 saturated carbocycles. The molecule has 0 N–H and O–H groups in total. The summed E-state index contributed by atoms with van der Waals surface area (Å²) < 4.78 is 2.60. The second kappa shape index (κ2) is 7.33. The third-order valence-electron chi connectivity index (χ3n) is 5.54. The molecule has 0 spiro atoms. The maximum atomic E-state index is 4.97. The first-order valence-electron chi connectivity index (χ1n) is 10.0. The average Bonchev–Trinajstić information content (AvgIpc) is 3.37. The van der Waals surface area contributed by atoms with Crippen molar-refractivity contribution in [1.82, 2.24) is 9.97 Å². The number of fused-ring (bicyclic) bond motifs is 2. The zero-order valence-electron chi connectivity index (χ0n) is 16.3. The molecule has 0 radical (unpaired) electrons. The predicted molar refractivity (Wildman–Crippen MR) is 122 cm³/mol. The van der Waals surface area contributed by atoms with Crippen LogP contribution in [-0.2, 0) is 12.8 Å². The van der Waals surface area contributed by atoms with E-state index in [0.29, 0.717) is 0 Å². The second-order valence-electron chi connectivity index (χ2n) is 7.24. The van der Waals surface area contributed by atoms with Gasteiger partial charge in [-0.3, -0.25) is 0 Å². The normalized spacial score (nSPS) is 15.1. The van der Waals surface area contributed by atoms with Crippen molar-refractivity contribution >= 4 is 53.4 Å². The summed E-state index contributed by atoms with van der Waals surface area (Å²) in [6.07, 6.45) is 2.11. The van der Waals surface area contributed by atoms with Crippen molar-refractivity contribution in [3.05, 3.63) is 47.5 Å². The first-order chi connectivity index (χ1) is 13.7. The molecular formula is C22H24N4S2. The maximum absolute atomic E-state index is 4.97. The fourth-order valence-electron chi connectivity index (χ4n) is 3.82. The molecule has 144 valence electrons. The topological polar surface area (TPSA) is 32.3 Å². The van der Waals surface area contributed by atoms with Crippen molar-refractivity contribution in [2.45, 2.75) is 26.7 Å². The Kier molecular flexibility index (Phi) is 4.69. The molecule has 0 aliphatic carbocycles. The molecule has 6 heteroatoms. The Bertz CT molecular complexity index is 1120. The highest BCUT2D eigenvalue weighted by molar-refractivity contribution is 7.22. The minimum atomic E-state index is 0.997. The van der Waals surface area contributed by atoms with Gasteiger partial charge in [0.2, 0.25) is 0 Å². The maximum Gasteiger partial charge on any atom is 0.186 e. The SMILES string of the molecule is CCc1ccc2nc(N3CCN(c4nc5c(CC)cccc5s4)CC3)sc2c1. The lowest BCUT2D eigenvalue weighted by Gasteiger charge is -2.34. The number of benzene rings is 2. The fourth-order valence-corrected chi connectivity index (χ4v) is 5.96. The number of para-hydroxylation sites is 1. The van der Waals surface area contributed by atoms with E-state index in [0.717, 1.165) is 54.8 Å². The summed E-state index contributed by atoms with van der Waals surface area (Å²) in [5.74, 6) is 0. The first-order valence-corrected chi connectivity index (χ1v) is 11.7. The summed E-state index contributed by atoms with van der Waals surface area (Å²) in [6.45, 7) is 8.39. The van der Waals surface area contributed by atoms with E-state index in [4.69, 9.17) is 9.97 Å². The van der Waals surface area contributed by atoms with Gasteiger partial charge < -0.3 is 9.80 Å². The average molecular weight is 409 g/mol. The minimum Gasteiger partial charge on any atom is -0.345 e. The van der Waals surface area contributed by atoms with Gasteiger partial charge in [0.05, 0.1) is 20.4 Å². The van der Waals surface area contributed by atoms with Crippen LogP contribution in [0.3, 0.4) is 0 Å². The number of thiazole rings is 2. The number of anilines is 2. The lowest BCUT2D eigenvalue weighted by molar-refractivity contribution is 0.651. The second-order valence-corrected chi connectivity index (χ2v) is 9.26. The van der Waals surface area contributed by atoms with Gasteiger partial charge in [-0.15, -0.1) is 0 Å². The molecule has 1 aliphatic heterocycles. The first kappa shape index (κ1) is 17.9. The minimum absolute atomic E-state index is 0.997. The van der Waals surface area contributed by atoms with E-state index in [-0.39, 0.29) is 0 Å². The van der Waals surface area contributed by atoms with Crippen LogP contribution in [0.2, 0.25) is 0 Å². The smallest absolute Gasteiger partial charge is 0.186 e. The monoisotopic (exact) mass is 408 g/mol. The zero-order valence-corrected chi connectivity index (χ0v) is 17.9. The largest absolute Gasteiger partial charge is 0.345 e. The number of piperazine rings is 1. The number of nitrogens with zero attached hydrogens (tertiary/aromatic N) is 4. The fraction of sp³-hybridized carbons (Fsp3) is 0.364. The summed E-state index contributed by atoms with van der Waals surface area (Å²) in [7, 11) is 0. The van der Waals surface area contributed by atoms with Crippen LogP contribution >= 0.6 is 22.7 Å². The molecule has 5 rings (SSSR count). The number of aryl methyl sites for hydroxylation is 2. The van der Waals surface area contributed by atoms with E-state index >= 15 is 0 Å². The van der Waals surface area contributed by atoms with Gasteiger partial charge in [0.15, 0.2) is 10.3 Å². The van der Waals surface area contributed by atoms with Crippen LogP contribution in [0.5, 0.6) is 0 Å². The van der Waals surface area contributed by atoms with Crippen molar-refractivity contribution < 1.29 is 0 Å². The molecule has 3 heterocycles. The molecule has 1 fully saturated rings. The Balaban J connectivity index is 1.33. The summed E-state index contributed by atoms with van der Waals surface area (Å²) in [5, 5.41) is 2.31. The third kappa shape index (κ3) is 3.14. The summed E-state index contributed by atoms with van der Waals surface area (Å²) >= 11 is 3.64. The Labute approximate surface area is 173 Å². The molecular weight excluding hydrogens is 384 g/mol.